The zero-order valence-corrected chi connectivity index (χ0v) is 25.1. The molecule has 0 amide bonds. The largest absolute Gasteiger partial charge is 0.544 e. The number of hydrogen-bond acceptors (Lipinski definition) is 5. The van der Waals surface area contributed by atoms with E-state index < -0.39 is 42.6 Å². The van der Waals surface area contributed by atoms with E-state index in [2.05, 4.69) is 0 Å². The molecule has 12 heteroatoms. The molecule has 0 radical (unpaired) electrons. The van der Waals surface area contributed by atoms with Crippen LogP contribution in [-0.4, -0.2) is 30.6 Å². The first kappa shape index (κ1) is 29.3. The minimum atomic E-state index is -6.02. The van der Waals surface area contributed by atoms with Crippen LogP contribution in [0.25, 0.3) is 0 Å². The van der Waals surface area contributed by atoms with E-state index in [4.69, 9.17) is 12.5 Å². The lowest BCUT2D eigenvalue weighted by Gasteiger charge is -2.40. The summed E-state index contributed by atoms with van der Waals surface area (Å²) in [6.07, 6.45) is 0. The van der Waals surface area contributed by atoms with E-state index in [0.29, 0.717) is 11.5 Å². The highest BCUT2D eigenvalue weighted by Crippen LogP contribution is 2.71. The molecule has 0 aliphatic heterocycles. The highest BCUT2D eigenvalue weighted by Gasteiger charge is 2.52. The molecule has 5 nitrogen and oxygen atoms in total. The lowest BCUT2D eigenvalue weighted by molar-refractivity contribution is -0.0496. The van der Waals surface area contributed by atoms with Gasteiger partial charge in [0.25, 0.3) is 0 Å². The minimum Gasteiger partial charge on any atom is -0.544 e. The molecule has 0 spiro atoms. The zero-order valence-electron chi connectivity index (χ0n) is 21.5. The molecule has 0 saturated carbocycles. The Hall–Kier alpha value is -2.26. The Morgan fingerprint density at radius 1 is 0.622 bits per heavy atom. The Balaban J connectivity index is 2.40. The Kier molecular flexibility index (Phi) is 8.30. The normalized spacial score (nSPS) is 13.8. The zero-order chi connectivity index (χ0) is 27.7. The van der Waals surface area contributed by atoms with Crippen LogP contribution in [-0.2, 0) is 13.7 Å². The number of benzene rings is 3. The molecule has 0 saturated heterocycles. The third-order valence-electron chi connectivity index (χ3n) is 4.67. The van der Waals surface area contributed by atoms with Gasteiger partial charge in [-0.15, -0.1) is 0 Å². The second kappa shape index (κ2) is 10.5. The number of alkyl halides is 3. The summed E-state index contributed by atoms with van der Waals surface area (Å²) >= 11 is 0. The van der Waals surface area contributed by atoms with Crippen molar-refractivity contribution in [2.45, 2.75) is 59.5 Å². The van der Waals surface area contributed by atoms with Crippen molar-refractivity contribution in [2.75, 3.05) is 0 Å². The highest BCUT2D eigenvalue weighted by molar-refractivity contribution is 8.33. The van der Waals surface area contributed by atoms with Gasteiger partial charge in [-0.05, 0) is 98.1 Å². The Bertz CT molecular complexity index is 1280. The van der Waals surface area contributed by atoms with Crippen molar-refractivity contribution in [3.05, 3.63) is 78.9 Å². The van der Waals surface area contributed by atoms with Crippen molar-refractivity contribution in [1.82, 2.24) is 0 Å². The molecular formula is C25H31F3O5S2Si2. The van der Waals surface area contributed by atoms with Crippen LogP contribution in [0.2, 0.25) is 39.3 Å². The maximum Gasteiger partial charge on any atom is 0.524 e. The Morgan fingerprint density at radius 3 is 1.41 bits per heavy atom. The molecule has 3 rings (SSSR count). The minimum absolute atomic E-state index is 0.243. The van der Waals surface area contributed by atoms with Crippen molar-refractivity contribution in [3.63, 3.8) is 0 Å². The van der Waals surface area contributed by atoms with Crippen LogP contribution in [0.4, 0.5) is 13.2 Å². The predicted octanol–water partition coefficient (Wildman–Crippen LogP) is 8.18. The summed E-state index contributed by atoms with van der Waals surface area (Å²) < 4.78 is 84.2. The van der Waals surface area contributed by atoms with Gasteiger partial charge in [0.2, 0.25) is 16.6 Å². The topological polar surface area (TPSA) is 61.8 Å². The molecule has 0 unspecified atom stereocenters. The fourth-order valence-corrected chi connectivity index (χ4v) is 9.91. The molecule has 3 aromatic rings. The van der Waals surface area contributed by atoms with Gasteiger partial charge in [-0.1, -0.05) is 30.3 Å². The summed E-state index contributed by atoms with van der Waals surface area (Å²) in [5.74, 6) is 0.846. The molecule has 3 aromatic carbocycles. The summed E-state index contributed by atoms with van der Waals surface area (Å²) in [6.45, 7) is 11.8. The summed E-state index contributed by atoms with van der Waals surface area (Å²) in [5, 5.41) is 0. The standard InChI is InChI=1S/C25H31F3O5S2Si2/c1-36(2,3)31-20-12-10-16-23(18-20)34(22-14-8-7-9-15-22,33-35(29,30)25(26,27)28)24-17-11-13-21(19-24)32-37(4,5)6/h7-19H,1-6H3. The van der Waals surface area contributed by atoms with Gasteiger partial charge >= 0.3 is 15.6 Å². The molecule has 0 fully saturated rings. The lowest BCUT2D eigenvalue weighted by atomic mass is 10.3. The van der Waals surface area contributed by atoms with Crippen LogP contribution in [0.1, 0.15) is 0 Å². The Morgan fingerprint density at radius 2 is 1.03 bits per heavy atom. The van der Waals surface area contributed by atoms with E-state index in [-0.39, 0.29) is 14.7 Å². The lowest BCUT2D eigenvalue weighted by Crippen LogP contribution is -2.30. The summed E-state index contributed by atoms with van der Waals surface area (Å²) in [5.41, 5.74) is -5.63. The quantitative estimate of drug-likeness (QED) is 0.186. The molecule has 0 heterocycles. The molecule has 0 aliphatic carbocycles. The van der Waals surface area contributed by atoms with Crippen LogP contribution in [0, 0.1) is 0 Å². The molecular weight excluding hydrogens is 558 g/mol. The van der Waals surface area contributed by atoms with Crippen LogP contribution >= 0.6 is 10.3 Å². The predicted molar refractivity (Wildman–Crippen MR) is 146 cm³/mol. The van der Waals surface area contributed by atoms with Gasteiger partial charge in [0.15, 0.2) is 0 Å². The first-order chi connectivity index (χ1) is 16.9. The fourth-order valence-electron chi connectivity index (χ4n) is 3.45. The van der Waals surface area contributed by atoms with E-state index in [9.17, 15) is 21.6 Å². The van der Waals surface area contributed by atoms with Gasteiger partial charge < -0.3 is 8.85 Å². The van der Waals surface area contributed by atoms with Gasteiger partial charge in [0, 0.05) is 14.7 Å². The molecule has 0 atom stereocenters. The van der Waals surface area contributed by atoms with E-state index in [1.54, 1.807) is 78.9 Å². The van der Waals surface area contributed by atoms with Crippen LogP contribution in [0.5, 0.6) is 11.5 Å². The van der Waals surface area contributed by atoms with Crippen molar-refractivity contribution in [1.29, 1.82) is 0 Å². The first-order valence-electron chi connectivity index (χ1n) is 11.4. The maximum atomic E-state index is 13.8. The summed E-state index contributed by atoms with van der Waals surface area (Å²) in [4.78, 5) is 0.762. The molecule has 202 valence electrons. The van der Waals surface area contributed by atoms with Gasteiger partial charge in [-0.25, -0.2) is 0 Å². The Labute approximate surface area is 220 Å². The number of rotatable bonds is 9. The van der Waals surface area contributed by atoms with Gasteiger partial charge in [0.1, 0.15) is 11.5 Å². The van der Waals surface area contributed by atoms with E-state index in [1.165, 1.54) is 0 Å². The molecule has 0 bridgehead atoms. The fraction of sp³-hybridized carbons (Fsp3) is 0.280. The van der Waals surface area contributed by atoms with Crippen LogP contribution in [0.15, 0.2) is 93.5 Å². The average molecular weight is 589 g/mol. The van der Waals surface area contributed by atoms with Crippen molar-refractivity contribution in [3.8, 4) is 11.5 Å². The van der Waals surface area contributed by atoms with E-state index >= 15 is 0 Å². The number of halogens is 3. The van der Waals surface area contributed by atoms with Crippen molar-refractivity contribution >= 4 is 37.1 Å². The first-order valence-corrected chi connectivity index (χ1v) is 21.2. The number of hydrogen-bond donors (Lipinski definition) is 0. The van der Waals surface area contributed by atoms with Gasteiger partial charge in [-0.3, -0.25) is 0 Å². The molecule has 37 heavy (non-hydrogen) atoms. The molecule has 0 aromatic heterocycles. The second-order valence-electron chi connectivity index (χ2n) is 10.2. The van der Waals surface area contributed by atoms with Crippen LogP contribution < -0.4 is 8.85 Å². The second-order valence-corrected chi connectivity index (χ2v) is 23.5. The molecule has 0 aliphatic rings. The third-order valence-corrected chi connectivity index (χ3v) is 11.2. The highest BCUT2D eigenvalue weighted by atomic mass is 32.3. The SMILES string of the molecule is C[Si](C)(C)Oc1cccc(S(OS(=O)(=O)C(F)(F)F)(c2ccccc2)c2cccc(O[Si](C)(C)C)c2)c1. The van der Waals surface area contributed by atoms with Gasteiger partial charge in [0.05, 0.1) is 0 Å². The third kappa shape index (κ3) is 7.20. The van der Waals surface area contributed by atoms with Crippen LogP contribution in [0.3, 0.4) is 0 Å². The summed E-state index contributed by atoms with van der Waals surface area (Å²) in [6, 6.07) is 21.0. The monoisotopic (exact) mass is 588 g/mol. The van der Waals surface area contributed by atoms with E-state index in [0.717, 1.165) is 0 Å². The average Bonchev–Trinajstić information content (AvgIpc) is 2.75. The maximum absolute atomic E-state index is 13.8. The smallest absolute Gasteiger partial charge is 0.524 e. The molecule has 0 N–H and O–H groups in total. The van der Waals surface area contributed by atoms with Gasteiger partial charge in [-0.2, -0.15) is 25.2 Å². The summed E-state index contributed by atoms with van der Waals surface area (Å²) in [7, 11) is -13.7. The van der Waals surface area contributed by atoms with Crippen molar-refractivity contribution in [2.24, 2.45) is 0 Å². The van der Waals surface area contributed by atoms with Crippen molar-refractivity contribution < 1.29 is 34.1 Å². The van der Waals surface area contributed by atoms with E-state index in [1.807, 2.05) is 39.3 Å².